The second-order valence-electron chi connectivity index (χ2n) is 5.36. The Labute approximate surface area is 97.8 Å². The van der Waals surface area contributed by atoms with E-state index in [9.17, 15) is 0 Å². The maximum Gasteiger partial charge on any atom is 0.0590 e. The van der Waals surface area contributed by atoms with Crippen molar-refractivity contribution < 1.29 is 4.74 Å². The van der Waals surface area contributed by atoms with Crippen LogP contribution in [0.5, 0.6) is 0 Å². The highest BCUT2D eigenvalue weighted by atomic mass is 16.5. The van der Waals surface area contributed by atoms with Gasteiger partial charge in [0.05, 0.1) is 13.2 Å². The van der Waals surface area contributed by atoms with Gasteiger partial charge < -0.3 is 10.5 Å². The lowest BCUT2D eigenvalue weighted by molar-refractivity contribution is -0.121. The Morgan fingerprint density at radius 3 is 2.31 bits per heavy atom. The van der Waals surface area contributed by atoms with E-state index in [4.69, 9.17) is 10.5 Å². The average Bonchev–Trinajstić information content (AvgIpc) is 2.16. The lowest BCUT2D eigenvalue weighted by Crippen LogP contribution is -2.57. The molecule has 1 aromatic rings. The van der Waals surface area contributed by atoms with Crippen LogP contribution in [0.25, 0.3) is 0 Å². The maximum absolute atomic E-state index is 5.73. The third kappa shape index (κ3) is 1.66. The van der Waals surface area contributed by atoms with Crippen molar-refractivity contribution >= 4 is 0 Å². The summed E-state index contributed by atoms with van der Waals surface area (Å²) in [6, 6.07) is 10.7. The van der Waals surface area contributed by atoms with E-state index in [-0.39, 0.29) is 10.8 Å². The third-order valence-electron chi connectivity index (χ3n) is 4.09. The van der Waals surface area contributed by atoms with E-state index in [1.807, 2.05) is 0 Å². The number of benzene rings is 1. The Kier molecular flexibility index (Phi) is 3.04. The zero-order chi connectivity index (χ0) is 11.6. The van der Waals surface area contributed by atoms with Crippen LogP contribution < -0.4 is 5.73 Å². The molecular weight excluding hydrogens is 198 g/mol. The van der Waals surface area contributed by atoms with Gasteiger partial charge in [-0.1, -0.05) is 44.2 Å². The maximum atomic E-state index is 5.73. The lowest BCUT2D eigenvalue weighted by atomic mass is 9.59. The van der Waals surface area contributed by atoms with Crippen LogP contribution in [0.1, 0.15) is 25.8 Å². The van der Waals surface area contributed by atoms with Gasteiger partial charge in [0, 0.05) is 5.41 Å². The second kappa shape index (κ2) is 4.19. The van der Waals surface area contributed by atoms with Crippen LogP contribution in [0.3, 0.4) is 0 Å². The fraction of sp³-hybridized carbons (Fsp3) is 0.571. The summed E-state index contributed by atoms with van der Waals surface area (Å²) >= 11 is 0. The third-order valence-corrected chi connectivity index (χ3v) is 4.09. The molecule has 2 nitrogen and oxygen atoms in total. The minimum Gasteiger partial charge on any atom is -0.379 e. The molecule has 2 heteroatoms. The molecule has 0 aliphatic carbocycles. The highest BCUT2D eigenvalue weighted by molar-refractivity contribution is 5.31. The molecule has 0 bridgehead atoms. The normalized spacial score (nSPS) is 19.2. The molecule has 0 amide bonds. The van der Waals surface area contributed by atoms with Gasteiger partial charge in [0.25, 0.3) is 0 Å². The summed E-state index contributed by atoms with van der Waals surface area (Å²) in [6.07, 6.45) is 1.03. The van der Waals surface area contributed by atoms with Crippen molar-refractivity contribution in [2.45, 2.75) is 25.7 Å². The molecule has 1 saturated heterocycles. The molecule has 2 rings (SSSR count). The molecule has 0 radical (unpaired) electrons. The van der Waals surface area contributed by atoms with E-state index in [0.29, 0.717) is 0 Å². The fourth-order valence-electron chi connectivity index (χ4n) is 2.61. The van der Waals surface area contributed by atoms with Gasteiger partial charge in [-0.3, -0.25) is 0 Å². The average molecular weight is 219 g/mol. The Hall–Kier alpha value is -0.860. The zero-order valence-corrected chi connectivity index (χ0v) is 10.2. The first-order chi connectivity index (χ1) is 7.62. The topological polar surface area (TPSA) is 35.2 Å². The Morgan fingerprint density at radius 1 is 1.25 bits per heavy atom. The van der Waals surface area contributed by atoms with Gasteiger partial charge in [-0.05, 0) is 23.9 Å². The van der Waals surface area contributed by atoms with Gasteiger partial charge in [-0.2, -0.15) is 0 Å². The summed E-state index contributed by atoms with van der Waals surface area (Å²) in [6.45, 7) is 6.99. The van der Waals surface area contributed by atoms with Gasteiger partial charge in [0.2, 0.25) is 0 Å². The summed E-state index contributed by atoms with van der Waals surface area (Å²) in [5.41, 5.74) is 7.47. The van der Waals surface area contributed by atoms with Crippen molar-refractivity contribution in [3.63, 3.8) is 0 Å². The van der Waals surface area contributed by atoms with Crippen LogP contribution in [0.15, 0.2) is 30.3 Å². The van der Waals surface area contributed by atoms with Gasteiger partial charge in [0.1, 0.15) is 0 Å². The molecular formula is C14H21NO. The molecule has 1 heterocycles. The molecule has 16 heavy (non-hydrogen) atoms. The highest BCUT2D eigenvalue weighted by Crippen LogP contribution is 2.48. The van der Waals surface area contributed by atoms with E-state index < -0.39 is 0 Å². The van der Waals surface area contributed by atoms with Crippen LogP contribution in [0.2, 0.25) is 0 Å². The minimum atomic E-state index is 0.160. The smallest absolute Gasteiger partial charge is 0.0590 e. The van der Waals surface area contributed by atoms with Gasteiger partial charge in [-0.15, -0.1) is 0 Å². The first-order valence-corrected chi connectivity index (χ1v) is 5.96. The molecule has 1 fully saturated rings. The Balaban J connectivity index is 2.33. The molecule has 2 N–H and O–H groups in total. The number of hydrogen-bond donors (Lipinski definition) is 1. The van der Waals surface area contributed by atoms with Crippen molar-refractivity contribution in [1.29, 1.82) is 0 Å². The molecule has 0 saturated carbocycles. The number of nitrogens with two attached hydrogens (primary N) is 1. The first-order valence-electron chi connectivity index (χ1n) is 5.96. The predicted octanol–water partition coefficient (Wildman–Crippen LogP) is 2.33. The van der Waals surface area contributed by atoms with E-state index in [1.54, 1.807) is 0 Å². The SMILES string of the molecule is CC(C)(CCN)C1(c2ccccc2)COC1. The molecule has 0 atom stereocenters. The summed E-state index contributed by atoms with van der Waals surface area (Å²) in [7, 11) is 0. The zero-order valence-electron chi connectivity index (χ0n) is 10.2. The van der Waals surface area contributed by atoms with Crippen molar-refractivity contribution in [1.82, 2.24) is 0 Å². The molecule has 1 aliphatic rings. The van der Waals surface area contributed by atoms with E-state index in [2.05, 4.69) is 44.2 Å². The molecule has 88 valence electrons. The lowest BCUT2D eigenvalue weighted by Gasteiger charge is -2.53. The largest absolute Gasteiger partial charge is 0.379 e. The van der Waals surface area contributed by atoms with Crippen LogP contribution >= 0.6 is 0 Å². The number of hydrogen-bond acceptors (Lipinski definition) is 2. The van der Waals surface area contributed by atoms with Gasteiger partial charge in [0.15, 0.2) is 0 Å². The summed E-state index contributed by atoms with van der Waals surface area (Å²) in [5, 5.41) is 0. The first kappa shape index (κ1) is 11.6. The second-order valence-corrected chi connectivity index (χ2v) is 5.36. The molecule has 1 aliphatic heterocycles. The quantitative estimate of drug-likeness (QED) is 0.843. The standard InChI is InChI=1S/C14H21NO/c1-13(2,8-9-15)14(10-16-11-14)12-6-4-3-5-7-12/h3-7H,8-11,15H2,1-2H3. The van der Waals surface area contributed by atoms with E-state index in [0.717, 1.165) is 26.2 Å². The van der Waals surface area contributed by atoms with Crippen LogP contribution in [-0.2, 0) is 10.2 Å². The van der Waals surface area contributed by atoms with Gasteiger partial charge >= 0.3 is 0 Å². The van der Waals surface area contributed by atoms with Crippen molar-refractivity contribution in [2.24, 2.45) is 11.1 Å². The highest BCUT2D eigenvalue weighted by Gasteiger charge is 2.51. The minimum absolute atomic E-state index is 0.160. The Bertz CT molecular complexity index is 341. The van der Waals surface area contributed by atoms with E-state index in [1.165, 1.54) is 5.56 Å². The number of rotatable bonds is 4. The molecule has 1 aromatic carbocycles. The van der Waals surface area contributed by atoms with Gasteiger partial charge in [-0.25, -0.2) is 0 Å². The Morgan fingerprint density at radius 2 is 1.88 bits per heavy atom. The molecule has 0 aromatic heterocycles. The van der Waals surface area contributed by atoms with Crippen LogP contribution in [-0.4, -0.2) is 19.8 Å². The van der Waals surface area contributed by atoms with Crippen LogP contribution in [0, 0.1) is 5.41 Å². The van der Waals surface area contributed by atoms with Crippen molar-refractivity contribution in [2.75, 3.05) is 19.8 Å². The van der Waals surface area contributed by atoms with Crippen molar-refractivity contribution in [3.05, 3.63) is 35.9 Å². The summed E-state index contributed by atoms with van der Waals surface area (Å²) < 4.78 is 5.48. The summed E-state index contributed by atoms with van der Waals surface area (Å²) in [4.78, 5) is 0. The fourth-order valence-corrected chi connectivity index (χ4v) is 2.61. The number of ether oxygens (including phenoxy) is 1. The molecule has 0 unspecified atom stereocenters. The van der Waals surface area contributed by atoms with Crippen molar-refractivity contribution in [3.8, 4) is 0 Å². The monoisotopic (exact) mass is 219 g/mol. The molecule has 0 spiro atoms. The summed E-state index contributed by atoms with van der Waals surface area (Å²) in [5.74, 6) is 0. The van der Waals surface area contributed by atoms with E-state index >= 15 is 0 Å². The predicted molar refractivity (Wildman–Crippen MR) is 66.4 cm³/mol. The van der Waals surface area contributed by atoms with Crippen LogP contribution in [0.4, 0.5) is 0 Å².